The molecule has 0 aromatic heterocycles. The lowest BCUT2D eigenvalue weighted by molar-refractivity contribution is -0.112. The first-order valence-corrected chi connectivity index (χ1v) is 9.72. The summed E-state index contributed by atoms with van der Waals surface area (Å²) in [7, 11) is 1.54. The van der Waals surface area contributed by atoms with Crippen molar-refractivity contribution < 1.29 is 24.2 Å². The number of carboxylic acid groups (broad SMARTS) is 1. The lowest BCUT2D eigenvalue weighted by Crippen LogP contribution is -2.16. The van der Waals surface area contributed by atoms with E-state index in [1.54, 1.807) is 54.6 Å². The number of rotatable bonds is 7. The van der Waals surface area contributed by atoms with Gasteiger partial charge in [-0.05, 0) is 60.2 Å². The third-order valence-electron chi connectivity index (χ3n) is 4.58. The largest absolute Gasteiger partial charge is 0.497 e. The third-order valence-corrected chi connectivity index (χ3v) is 4.58. The van der Waals surface area contributed by atoms with Gasteiger partial charge in [0, 0.05) is 11.3 Å². The van der Waals surface area contributed by atoms with Gasteiger partial charge in [-0.15, -0.1) is 0 Å². The number of nitrogens with one attached hydrogen (secondary N) is 2. The zero-order valence-electron chi connectivity index (χ0n) is 17.5. The van der Waals surface area contributed by atoms with Gasteiger partial charge in [0.1, 0.15) is 17.4 Å². The Balaban J connectivity index is 1.77. The summed E-state index contributed by atoms with van der Waals surface area (Å²) in [5, 5.41) is 23.9. The SMILES string of the molecule is COc1ccc(C(=O)Nc2cccc(/C=C(\C#N)C(=O)Nc3ccccc3C(=O)O)c2)cc1. The van der Waals surface area contributed by atoms with Gasteiger partial charge in [0.15, 0.2) is 0 Å². The van der Waals surface area contributed by atoms with Crippen LogP contribution in [-0.2, 0) is 4.79 Å². The molecule has 0 atom stereocenters. The van der Waals surface area contributed by atoms with Crippen molar-refractivity contribution in [2.45, 2.75) is 0 Å². The molecule has 3 N–H and O–H groups in total. The van der Waals surface area contributed by atoms with Gasteiger partial charge in [-0.25, -0.2) is 4.79 Å². The van der Waals surface area contributed by atoms with Crippen LogP contribution < -0.4 is 15.4 Å². The van der Waals surface area contributed by atoms with E-state index in [9.17, 15) is 24.8 Å². The second-order valence-corrected chi connectivity index (χ2v) is 6.78. The molecule has 0 aliphatic heterocycles. The summed E-state index contributed by atoms with van der Waals surface area (Å²) in [6.45, 7) is 0. The number of para-hydroxylation sites is 1. The number of hydrogen-bond donors (Lipinski definition) is 3. The van der Waals surface area contributed by atoms with E-state index < -0.39 is 11.9 Å². The molecule has 0 bridgehead atoms. The molecule has 0 spiro atoms. The third kappa shape index (κ3) is 5.83. The maximum absolute atomic E-state index is 12.5. The number of nitrogens with zero attached hydrogens (tertiary/aromatic N) is 1. The van der Waals surface area contributed by atoms with Gasteiger partial charge >= 0.3 is 5.97 Å². The standard InChI is InChI=1S/C25H19N3O5/c1-33-20-11-9-17(10-12-20)23(29)27-19-6-4-5-16(14-19)13-18(15-26)24(30)28-22-8-3-2-7-21(22)25(31)32/h2-14H,1H3,(H,27,29)(H,28,30)(H,31,32)/b18-13+. The number of ether oxygens (including phenoxy) is 1. The van der Waals surface area contributed by atoms with Crippen LogP contribution in [-0.4, -0.2) is 30.0 Å². The minimum atomic E-state index is -1.20. The van der Waals surface area contributed by atoms with Gasteiger partial charge in [0.05, 0.1) is 18.4 Å². The summed E-state index contributed by atoms with van der Waals surface area (Å²) in [4.78, 5) is 36.3. The van der Waals surface area contributed by atoms with E-state index in [0.29, 0.717) is 22.6 Å². The monoisotopic (exact) mass is 441 g/mol. The molecule has 0 fully saturated rings. The Kier molecular flexibility index (Phi) is 7.19. The summed E-state index contributed by atoms with van der Waals surface area (Å²) in [5.74, 6) is -1.65. The minimum Gasteiger partial charge on any atom is -0.497 e. The number of amides is 2. The van der Waals surface area contributed by atoms with Crippen molar-refractivity contribution in [2.75, 3.05) is 17.7 Å². The zero-order chi connectivity index (χ0) is 23.8. The summed E-state index contributed by atoms with van der Waals surface area (Å²) in [6, 6.07) is 20.9. The van der Waals surface area contributed by atoms with E-state index in [0.717, 1.165) is 0 Å². The number of benzene rings is 3. The number of carbonyl (C=O) groups excluding carboxylic acids is 2. The topological polar surface area (TPSA) is 129 Å². The average molecular weight is 441 g/mol. The molecule has 0 saturated heterocycles. The molecule has 0 radical (unpaired) electrons. The fourth-order valence-corrected chi connectivity index (χ4v) is 2.94. The number of carbonyl (C=O) groups is 3. The number of carboxylic acids is 1. The highest BCUT2D eigenvalue weighted by molar-refractivity contribution is 6.12. The molecule has 0 heterocycles. The van der Waals surface area contributed by atoms with Crippen LogP contribution in [0.15, 0.2) is 78.4 Å². The predicted molar refractivity (Wildman–Crippen MR) is 123 cm³/mol. The van der Waals surface area contributed by atoms with E-state index in [-0.39, 0.29) is 22.7 Å². The molecular formula is C25H19N3O5. The quantitative estimate of drug-likeness (QED) is 0.372. The zero-order valence-corrected chi connectivity index (χ0v) is 17.5. The number of aromatic carboxylic acids is 1. The maximum atomic E-state index is 12.5. The first-order chi connectivity index (χ1) is 15.9. The summed E-state index contributed by atoms with van der Waals surface area (Å²) < 4.78 is 5.08. The van der Waals surface area contributed by atoms with E-state index in [4.69, 9.17) is 4.74 Å². The van der Waals surface area contributed by atoms with E-state index in [1.807, 2.05) is 6.07 Å². The molecule has 8 heteroatoms. The maximum Gasteiger partial charge on any atom is 0.337 e. The summed E-state index contributed by atoms with van der Waals surface area (Å²) in [6.07, 6.45) is 1.35. The van der Waals surface area contributed by atoms with Gasteiger partial charge in [0.2, 0.25) is 0 Å². The smallest absolute Gasteiger partial charge is 0.337 e. The number of hydrogen-bond acceptors (Lipinski definition) is 5. The molecule has 0 aliphatic carbocycles. The molecule has 3 aromatic rings. The first kappa shape index (κ1) is 22.8. The van der Waals surface area contributed by atoms with Gasteiger partial charge < -0.3 is 20.5 Å². The van der Waals surface area contributed by atoms with Crippen LogP contribution in [0.3, 0.4) is 0 Å². The molecule has 0 unspecified atom stereocenters. The number of nitriles is 1. The molecule has 2 amide bonds. The van der Waals surface area contributed by atoms with Crippen molar-refractivity contribution in [3.8, 4) is 11.8 Å². The van der Waals surface area contributed by atoms with Crippen LogP contribution in [0.25, 0.3) is 6.08 Å². The van der Waals surface area contributed by atoms with Crippen molar-refractivity contribution in [3.05, 3.63) is 95.1 Å². The second kappa shape index (κ2) is 10.4. The van der Waals surface area contributed by atoms with Crippen LogP contribution in [0.5, 0.6) is 5.75 Å². The normalized spacial score (nSPS) is 10.6. The van der Waals surface area contributed by atoms with Gasteiger partial charge in [0.25, 0.3) is 11.8 Å². The molecule has 0 aliphatic rings. The van der Waals surface area contributed by atoms with Crippen molar-refractivity contribution in [1.29, 1.82) is 5.26 Å². The van der Waals surface area contributed by atoms with E-state index in [2.05, 4.69) is 10.6 Å². The highest BCUT2D eigenvalue weighted by atomic mass is 16.5. The Morgan fingerprint density at radius 1 is 0.970 bits per heavy atom. The Morgan fingerprint density at radius 2 is 1.70 bits per heavy atom. The molecule has 33 heavy (non-hydrogen) atoms. The Bertz CT molecular complexity index is 1270. The fourth-order valence-electron chi connectivity index (χ4n) is 2.94. The van der Waals surface area contributed by atoms with Gasteiger partial charge in [-0.1, -0.05) is 24.3 Å². The molecular weight excluding hydrogens is 422 g/mol. The highest BCUT2D eigenvalue weighted by Gasteiger charge is 2.15. The second-order valence-electron chi connectivity index (χ2n) is 6.78. The predicted octanol–water partition coefficient (Wildman–Crippen LogP) is 4.19. The highest BCUT2D eigenvalue weighted by Crippen LogP contribution is 2.19. The van der Waals surface area contributed by atoms with Crippen molar-refractivity contribution in [2.24, 2.45) is 0 Å². The minimum absolute atomic E-state index is 0.0802. The molecule has 3 aromatic carbocycles. The average Bonchev–Trinajstić information content (AvgIpc) is 2.83. The molecule has 164 valence electrons. The molecule has 3 rings (SSSR count). The van der Waals surface area contributed by atoms with Crippen molar-refractivity contribution in [1.82, 2.24) is 0 Å². The van der Waals surface area contributed by atoms with Crippen LogP contribution in [0.1, 0.15) is 26.3 Å². The van der Waals surface area contributed by atoms with Gasteiger partial charge in [-0.3, -0.25) is 9.59 Å². The Labute approximate surface area is 189 Å². The Morgan fingerprint density at radius 3 is 2.36 bits per heavy atom. The molecule has 8 nitrogen and oxygen atoms in total. The van der Waals surface area contributed by atoms with Crippen LogP contribution >= 0.6 is 0 Å². The first-order valence-electron chi connectivity index (χ1n) is 9.72. The van der Waals surface area contributed by atoms with Gasteiger partial charge in [-0.2, -0.15) is 5.26 Å². The van der Waals surface area contributed by atoms with Crippen LogP contribution in [0.2, 0.25) is 0 Å². The van der Waals surface area contributed by atoms with Crippen molar-refractivity contribution >= 4 is 35.2 Å². The lowest BCUT2D eigenvalue weighted by Gasteiger charge is -2.08. The van der Waals surface area contributed by atoms with Crippen LogP contribution in [0, 0.1) is 11.3 Å². The lowest BCUT2D eigenvalue weighted by atomic mass is 10.1. The number of methoxy groups -OCH3 is 1. The fraction of sp³-hybridized carbons (Fsp3) is 0.0400. The van der Waals surface area contributed by atoms with Crippen molar-refractivity contribution in [3.63, 3.8) is 0 Å². The Hall–Kier alpha value is -4.90. The summed E-state index contributed by atoms with van der Waals surface area (Å²) in [5.41, 5.74) is 1.17. The molecule has 0 saturated carbocycles. The van der Waals surface area contributed by atoms with E-state index in [1.165, 1.54) is 31.4 Å². The summed E-state index contributed by atoms with van der Waals surface area (Å²) >= 11 is 0. The van der Waals surface area contributed by atoms with Crippen LogP contribution in [0.4, 0.5) is 11.4 Å². The van der Waals surface area contributed by atoms with E-state index >= 15 is 0 Å². The number of anilines is 2.